The number of hydrogen-bond donors (Lipinski definition) is 2. The molecule has 2 heterocycles. The van der Waals surface area contributed by atoms with E-state index >= 15 is 0 Å². The van der Waals surface area contributed by atoms with Crippen molar-refractivity contribution in [3.05, 3.63) is 35.4 Å². The summed E-state index contributed by atoms with van der Waals surface area (Å²) in [5.41, 5.74) is 2.58. The number of nitrogens with one attached hydrogen (secondary N) is 2. The Morgan fingerprint density at radius 1 is 1.03 bits per heavy atom. The second-order valence-corrected chi connectivity index (χ2v) is 9.23. The van der Waals surface area contributed by atoms with E-state index in [0.29, 0.717) is 5.92 Å². The Hall–Kier alpha value is -1.63. The first-order chi connectivity index (χ1) is 15.7. The molecule has 2 aliphatic rings. The first kappa shape index (κ1) is 25.0. The average Bonchev–Trinajstić information content (AvgIpc) is 2.83. The molecule has 1 aromatic carbocycles. The maximum Gasteiger partial charge on any atom is 0.191 e. The van der Waals surface area contributed by atoms with Gasteiger partial charge in [-0.3, -0.25) is 4.99 Å². The van der Waals surface area contributed by atoms with Gasteiger partial charge in [0.15, 0.2) is 5.96 Å². The summed E-state index contributed by atoms with van der Waals surface area (Å²) in [6.07, 6.45) is 4.87. The monoisotopic (exact) mass is 443 g/mol. The van der Waals surface area contributed by atoms with E-state index in [1.807, 2.05) is 0 Å². The molecule has 180 valence electrons. The lowest BCUT2D eigenvalue weighted by Crippen LogP contribution is -2.46. The van der Waals surface area contributed by atoms with Crippen LogP contribution in [0.1, 0.15) is 56.8 Å². The maximum absolute atomic E-state index is 6.18. The minimum Gasteiger partial charge on any atom is -0.373 e. The zero-order valence-corrected chi connectivity index (χ0v) is 20.6. The third kappa shape index (κ3) is 8.05. The molecule has 0 bridgehead atoms. The van der Waals surface area contributed by atoms with E-state index in [2.05, 4.69) is 65.5 Å². The van der Waals surface area contributed by atoms with Gasteiger partial charge in [-0.1, -0.05) is 36.8 Å². The lowest BCUT2D eigenvalue weighted by molar-refractivity contribution is -0.0250. The number of piperazine rings is 1. The molecule has 2 atom stereocenters. The summed E-state index contributed by atoms with van der Waals surface area (Å²) in [6.45, 7) is 17.3. The summed E-state index contributed by atoms with van der Waals surface area (Å²) in [6, 6.07) is 8.80. The topological polar surface area (TPSA) is 52.1 Å². The average molecular weight is 444 g/mol. The second-order valence-electron chi connectivity index (χ2n) is 9.23. The smallest absolute Gasteiger partial charge is 0.191 e. The highest BCUT2D eigenvalue weighted by Gasteiger charge is 2.27. The Morgan fingerprint density at radius 3 is 2.50 bits per heavy atom. The van der Waals surface area contributed by atoms with E-state index < -0.39 is 0 Å². The fourth-order valence-electron chi connectivity index (χ4n) is 4.70. The number of rotatable bonds is 10. The van der Waals surface area contributed by atoms with Crippen LogP contribution in [0, 0.1) is 12.8 Å². The number of aliphatic imine (C=N–C) groups is 1. The first-order valence-electron chi connectivity index (χ1n) is 12.8. The largest absolute Gasteiger partial charge is 0.373 e. The van der Waals surface area contributed by atoms with Gasteiger partial charge >= 0.3 is 0 Å². The van der Waals surface area contributed by atoms with Gasteiger partial charge < -0.3 is 25.2 Å². The van der Waals surface area contributed by atoms with Gasteiger partial charge in [0.2, 0.25) is 0 Å². The molecule has 0 radical (unpaired) electrons. The van der Waals surface area contributed by atoms with Gasteiger partial charge in [0, 0.05) is 58.3 Å². The zero-order valence-electron chi connectivity index (χ0n) is 20.6. The normalized spacial score (nSPS) is 23.3. The van der Waals surface area contributed by atoms with Gasteiger partial charge in [0.05, 0.1) is 6.10 Å². The number of likely N-dealkylation sites (N-methyl/N-ethyl adjacent to an activating group) is 1. The quantitative estimate of drug-likeness (QED) is 0.330. The van der Waals surface area contributed by atoms with Gasteiger partial charge in [-0.25, -0.2) is 0 Å². The van der Waals surface area contributed by atoms with Gasteiger partial charge in [-0.2, -0.15) is 0 Å². The second kappa shape index (κ2) is 13.8. The molecule has 2 unspecified atom stereocenters. The van der Waals surface area contributed by atoms with Crippen LogP contribution in [0.5, 0.6) is 0 Å². The summed E-state index contributed by atoms with van der Waals surface area (Å²) >= 11 is 0. The van der Waals surface area contributed by atoms with Gasteiger partial charge in [0.1, 0.15) is 0 Å². The predicted molar refractivity (Wildman–Crippen MR) is 134 cm³/mol. The van der Waals surface area contributed by atoms with Crippen molar-refractivity contribution in [1.82, 2.24) is 20.4 Å². The van der Waals surface area contributed by atoms with E-state index in [4.69, 9.17) is 9.73 Å². The molecule has 6 nitrogen and oxygen atoms in total. The number of hydrogen-bond acceptors (Lipinski definition) is 4. The number of unbranched alkanes of at least 4 members (excludes halogenated alkanes) is 1. The number of ether oxygens (including phenoxy) is 1. The molecule has 2 saturated heterocycles. The van der Waals surface area contributed by atoms with E-state index in [0.717, 1.165) is 38.6 Å². The summed E-state index contributed by atoms with van der Waals surface area (Å²) in [7, 11) is 0. The maximum atomic E-state index is 6.18. The van der Waals surface area contributed by atoms with Crippen LogP contribution < -0.4 is 10.6 Å². The molecule has 0 aliphatic carbocycles. The molecule has 3 rings (SSSR count). The fraction of sp³-hybridized carbons (Fsp3) is 0.731. The lowest BCUT2D eigenvalue weighted by Gasteiger charge is -2.34. The van der Waals surface area contributed by atoms with Gasteiger partial charge in [-0.05, 0) is 58.2 Å². The van der Waals surface area contributed by atoms with Crippen LogP contribution in [0.2, 0.25) is 0 Å². The molecular formula is C26H45N5O. The molecule has 32 heavy (non-hydrogen) atoms. The molecule has 1 aromatic rings. The molecule has 6 heteroatoms. The summed E-state index contributed by atoms with van der Waals surface area (Å²) in [4.78, 5) is 10.1. The number of nitrogens with zero attached hydrogens (tertiary/aromatic N) is 3. The molecule has 2 aliphatic heterocycles. The summed E-state index contributed by atoms with van der Waals surface area (Å²) < 4.78 is 6.18. The molecule has 2 fully saturated rings. The highest BCUT2D eigenvalue weighted by molar-refractivity contribution is 5.79. The highest BCUT2D eigenvalue weighted by Crippen LogP contribution is 2.33. The third-order valence-corrected chi connectivity index (χ3v) is 6.78. The van der Waals surface area contributed by atoms with Crippen LogP contribution >= 0.6 is 0 Å². The van der Waals surface area contributed by atoms with Crippen LogP contribution in [-0.2, 0) is 4.74 Å². The van der Waals surface area contributed by atoms with E-state index in [1.165, 1.54) is 69.7 Å². The van der Waals surface area contributed by atoms with Gasteiger partial charge in [0.25, 0.3) is 0 Å². The molecule has 0 spiro atoms. The first-order valence-corrected chi connectivity index (χ1v) is 12.8. The Kier molecular flexibility index (Phi) is 10.8. The third-order valence-electron chi connectivity index (χ3n) is 6.78. The Bertz CT molecular complexity index is 669. The SMILES string of the molecule is CCNC(=NCC1CCCOC1c1ccc(C)cc1)NCCCCN1CCN(CC)CC1. The van der Waals surface area contributed by atoms with Gasteiger partial charge in [-0.15, -0.1) is 0 Å². The van der Waals surface area contributed by atoms with E-state index in [1.54, 1.807) is 0 Å². The summed E-state index contributed by atoms with van der Waals surface area (Å²) in [5, 5.41) is 6.97. The molecule has 2 N–H and O–H groups in total. The fourth-order valence-corrected chi connectivity index (χ4v) is 4.70. The Labute approximate surface area is 195 Å². The van der Waals surface area contributed by atoms with Crippen LogP contribution in [0.4, 0.5) is 0 Å². The molecular weight excluding hydrogens is 398 g/mol. The Balaban J connectivity index is 1.41. The van der Waals surface area contributed by atoms with Crippen LogP contribution in [0.25, 0.3) is 0 Å². The highest BCUT2D eigenvalue weighted by atomic mass is 16.5. The van der Waals surface area contributed by atoms with Crippen LogP contribution in [0.15, 0.2) is 29.3 Å². The molecule has 0 amide bonds. The molecule has 0 aromatic heterocycles. The standard InChI is InChI=1S/C26H45N5O/c1-4-27-26(28-14-6-7-15-31-18-16-30(5-2)17-19-31)29-21-24-9-8-20-32-25(24)23-12-10-22(3)11-13-23/h10-13,24-25H,4-9,14-21H2,1-3H3,(H2,27,28,29). The number of aryl methyl sites for hydroxylation is 1. The minimum atomic E-state index is 0.157. The predicted octanol–water partition coefficient (Wildman–Crippen LogP) is 3.44. The van der Waals surface area contributed by atoms with Crippen molar-refractivity contribution >= 4 is 5.96 Å². The van der Waals surface area contributed by atoms with Crippen LogP contribution in [0.3, 0.4) is 0 Å². The van der Waals surface area contributed by atoms with E-state index in [-0.39, 0.29) is 6.10 Å². The van der Waals surface area contributed by atoms with Crippen molar-refractivity contribution in [3.8, 4) is 0 Å². The van der Waals surface area contributed by atoms with Crippen molar-refractivity contribution in [3.63, 3.8) is 0 Å². The van der Waals surface area contributed by atoms with Crippen molar-refractivity contribution in [2.24, 2.45) is 10.9 Å². The van der Waals surface area contributed by atoms with Crippen molar-refractivity contribution in [1.29, 1.82) is 0 Å². The lowest BCUT2D eigenvalue weighted by atomic mass is 9.89. The number of guanidine groups is 1. The van der Waals surface area contributed by atoms with Crippen molar-refractivity contribution in [2.75, 3.05) is 65.5 Å². The molecule has 0 saturated carbocycles. The minimum absolute atomic E-state index is 0.157. The summed E-state index contributed by atoms with van der Waals surface area (Å²) in [5.74, 6) is 1.38. The Morgan fingerprint density at radius 2 is 1.78 bits per heavy atom. The zero-order chi connectivity index (χ0) is 22.6. The van der Waals surface area contributed by atoms with E-state index in [9.17, 15) is 0 Å². The number of benzene rings is 1. The van der Waals surface area contributed by atoms with Crippen molar-refractivity contribution in [2.45, 2.75) is 52.6 Å². The van der Waals surface area contributed by atoms with Crippen LogP contribution in [-0.4, -0.2) is 81.3 Å². The van der Waals surface area contributed by atoms with Crippen molar-refractivity contribution < 1.29 is 4.74 Å².